The number of nitrogens with one attached hydrogen (secondary N) is 1. The van der Waals surface area contributed by atoms with E-state index >= 15 is 0 Å². The molecule has 44 heavy (non-hydrogen) atoms. The SMILES string of the molecule is COc1ccc(-c2cnc(SCC(=O)NCCC3CC(Cc4ccc(Cl)c(Cl)c4)CN3C(=O)OC(C)(C)C)nc2)cc1OC. The molecule has 1 saturated heterocycles. The monoisotopic (exact) mass is 660 g/mol. The molecule has 0 radical (unpaired) electrons. The van der Waals surface area contributed by atoms with Gasteiger partial charge in [-0.05, 0) is 81.3 Å². The van der Waals surface area contributed by atoms with Gasteiger partial charge >= 0.3 is 6.09 Å². The second-order valence-electron chi connectivity index (χ2n) is 11.6. The lowest BCUT2D eigenvalue weighted by molar-refractivity contribution is -0.118. The summed E-state index contributed by atoms with van der Waals surface area (Å²) in [6, 6.07) is 11.2. The van der Waals surface area contributed by atoms with Crippen LogP contribution in [-0.4, -0.2) is 71.6 Å². The van der Waals surface area contributed by atoms with Gasteiger partial charge in [0.15, 0.2) is 16.7 Å². The summed E-state index contributed by atoms with van der Waals surface area (Å²) in [5, 5.41) is 4.51. The molecule has 12 heteroatoms. The van der Waals surface area contributed by atoms with Crippen LogP contribution < -0.4 is 14.8 Å². The number of hydrogen-bond acceptors (Lipinski definition) is 8. The Morgan fingerprint density at radius 2 is 1.73 bits per heavy atom. The fourth-order valence-corrected chi connectivity index (χ4v) is 6.03. The van der Waals surface area contributed by atoms with E-state index < -0.39 is 5.60 Å². The van der Waals surface area contributed by atoms with E-state index in [0.29, 0.717) is 46.2 Å². The average molecular weight is 662 g/mol. The Bertz CT molecular complexity index is 1450. The maximum Gasteiger partial charge on any atom is 0.410 e. The molecule has 4 rings (SSSR count). The Morgan fingerprint density at radius 3 is 2.39 bits per heavy atom. The molecule has 1 fully saturated rings. The Hall–Kier alpha value is -3.21. The summed E-state index contributed by atoms with van der Waals surface area (Å²) in [4.78, 5) is 36.3. The van der Waals surface area contributed by atoms with Crippen molar-refractivity contribution in [2.24, 2.45) is 5.92 Å². The standard InChI is InChI=1S/C32H38Cl2N4O5S/c1-32(2,3)43-31(40)38-18-21(12-20-6-8-25(33)26(34)14-20)13-24(38)10-11-35-29(39)19-44-30-36-16-23(17-37-30)22-7-9-27(41-4)28(15-22)42-5/h6-9,14-17,21,24H,10-13,18-19H2,1-5H3,(H,35,39). The first-order valence-electron chi connectivity index (χ1n) is 14.3. The van der Waals surface area contributed by atoms with Gasteiger partial charge in [0, 0.05) is 37.1 Å². The van der Waals surface area contributed by atoms with Crippen LogP contribution in [0.1, 0.15) is 39.2 Å². The predicted molar refractivity (Wildman–Crippen MR) is 174 cm³/mol. The van der Waals surface area contributed by atoms with Gasteiger partial charge in [0.1, 0.15) is 5.60 Å². The van der Waals surface area contributed by atoms with Crippen LogP contribution in [0.5, 0.6) is 11.5 Å². The van der Waals surface area contributed by atoms with Crippen LogP contribution in [0.15, 0.2) is 53.9 Å². The minimum absolute atomic E-state index is 0.0574. The lowest BCUT2D eigenvalue weighted by Gasteiger charge is -2.28. The number of halogens is 2. The number of amides is 2. The number of carbonyl (C=O) groups excluding carboxylic acids is 2. The van der Waals surface area contributed by atoms with E-state index in [4.69, 9.17) is 37.4 Å². The van der Waals surface area contributed by atoms with E-state index in [-0.39, 0.29) is 29.7 Å². The summed E-state index contributed by atoms with van der Waals surface area (Å²) >= 11 is 13.6. The number of nitrogens with zero attached hydrogens (tertiary/aromatic N) is 3. The van der Waals surface area contributed by atoms with Crippen molar-refractivity contribution in [2.75, 3.05) is 33.1 Å². The largest absolute Gasteiger partial charge is 0.493 e. The van der Waals surface area contributed by atoms with Crippen LogP contribution in [0.25, 0.3) is 11.1 Å². The van der Waals surface area contributed by atoms with Crippen molar-refractivity contribution in [3.05, 3.63) is 64.4 Å². The van der Waals surface area contributed by atoms with Gasteiger partial charge in [0.05, 0.1) is 30.0 Å². The molecular formula is C32H38Cl2N4O5S. The predicted octanol–water partition coefficient (Wildman–Crippen LogP) is 6.93. The molecule has 0 aliphatic carbocycles. The van der Waals surface area contributed by atoms with Gasteiger partial charge in [0.2, 0.25) is 5.91 Å². The van der Waals surface area contributed by atoms with Crippen molar-refractivity contribution in [3.8, 4) is 22.6 Å². The highest BCUT2D eigenvalue weighted by atomic mass is 35.5. The number of ether oxygens (including phenoxy) is 3. The fraction of sp³-hybridized carbons (Fsp3) is 0.438. The van der Waals surface area contributed by atoms with Gasteiger partial charge in [-0.3, -0.25) is 4.79 Å². The number of thioether (sulfide) groups is 1. The van der Waals surface area contributed by atoms with Crippen molar-refractivity contribution < 1.29 is 23.8 Å². The first-order chi connectivity index (χ1) is 21.0. The first-order valence-corrected chi connectivity index (χ1v) is 16.1. The number of aromatic nitrogens is 2. The highest BCUT2D eigenvalue weighted by Gasteiger charge is 2.37. The van der Waals surface area contributed by atoms with Crippen molar-refractivity contribution in [2.45, 2.75) is 56.8 Å². The van der Waals surface area contributed by atoms with Crippen LogP contribution in [-0.2, 0) is 16.0 Å². The van der Waals surface area contributed by atoms with Crippen molar-refractivity contribution in [3.63, 3.8) is 0 Å². The maximum absolute atomic E-state index is 13.0. The van der Waals surface area contributed by atoms with Crippen LogP contribution in [0.3, 0.4) is 0 Å². The van der Waals surface area contributed by atoms with E-state index in [1.165, 1.54) is 11.8 Å². The second-order valence-corrected chi connectivity index (χ2v) is 13.3. The first kappa shape index (κ1) is 33.7. The molecule has 1 aliphatic heterocycles. The molecule has 2 atom stereocenters. The lowest BCUT2D eigenvalue weighted by Crippen LogP contribution is -2.41. The molecule has 1 aromatic heterocycles. The van der Waals surface area contributed by atoms with Crippen LogP contribution in [0.4, 0.5) is 4.79 Å². The number of carbonyl (C=O) groups is 2. The Morgan fingerprint density at radius 1 is 1.00 bits per heavy atom. The molecule has 0 spiro atoms. The maximum atomic E-state index is 13.0. The normalized spacial score (nSPS) is 16.5. The average Bonchev–Trinajstić information content (AvgIpc) is 3.39. The lowest BCUT2D eigenvalue weighted by atomic mass is 9.96. The quantitative estimate of drug-likeness (QED) is 0.174. The number of methoxy groups -OCH3 is 2. The molecule has 2 aromatic carbocycles. The molecule has 3 aromatic rings. The van der Waals surface area contributed by atoms with Crippen LogP contribution in [0, 0.1) is 5.92 Å². The summed E-state index contributed by atoms with van der Waals surface area (Å²) in [5.74, 6) is 1.54. The summed E-state index contributed by atoms with van der Waals surface area (Å²) in [5.41, 5.74) is 2.18. The Labute approximate surface area is 273 Å². The molecule has 2 unspecified atom stereocenters. The highest BCUT2D eigenvalue weighted by Crippen LogP contribution is 2.33. The zero-order valence-corrected chi connectivity index (χ0v) is 27.9. The minimum atomic E-state index is -0.601. The third kappa shape index (κ3) is 9.39. The Balaban J connectivity index is 1.28. The van der Waals surface area contributed by atoms with Crippen molar-refractivity contribution in [1.82, 2.24) is 20.2 Å². The molecular weight excluding hydrogens is 623 g/mol. The molecule has 2 heterocycles. The highest BCUT2D eigenvalue weighted by molar-refractivity contribution is 7.99. The van der Waals surface area contributed by atoms with Crippen LogP contribution in [0.2, 0.25) is 10.0 Å². The number of likely N-dealkylation sites (tertiary alicyclic amines) is 1. The Kier molecular flexibility index (Phi) is 11.6. The summed E-state index contributed by atoms with van der Waals surface area (Å²) in [7, 11) is 3.18. The van der Waals surface area contributed by atoms with E-state index in [9.17, 15) is 9.59 Å². The third-order valence-corrected chi connectivity index (χ3v) is 8.73. The zero-order chi connectivity index (χ0) is 31.9. The second kappa shape index (κ2) is 15.2. The number of hydrogen-bond donors (Lipinski definition) is 1. The molecule has 0 saturated carbocycles. The van der Waals surface area contributed by atoms with E-state index in [1.54, 1.807) is 37.6 Å². The van der Waals surface area contributed by atoms with E-state index in [1.807, 2.05) is 51.1 Å². The summed E-state index contributed by atoms with van der Waals surface area (Å²) in [6.07, 6.45) is 5.27. The number of rotatable bonds is 11. The van der Waals surface area contributed by atoms with Gasteiger partial charge in [-0.15, -0.1) is 0 Å². The van der Waals surface area contributed by atoms with Gasteiger partial charge < -0.3 is 24.4 Å². The van der Waals surface area contributed by atoms with Gasteiger partial charge in [-0.1, -0.05) is 47.1 Å². The van der Waals surface area contributed by atoms with Gasteiger partial charge in [-0.25, -0.2) is 14.8 Å². The summed E-state index contributed by atoms with van der Waals surface area (Å²) in [6.45, 7) is 6.57. The molecule has 1 aliphatic rings. The molecule has 236 valence electrons. The topological polar surface area (TPSA) is 103 Å². The molecule has 0 bridgehead atoms. The smallest absolute Gasteiger partial charge is 0.410 e. The third-order valence-electron chi connectivity index (χ3n) is 7.11. The molecule has 1 N–H and O–H groups in total. The molecule has 2 amide bonds. The van der Waals surface area contributed by atoms with Crippen LogP contribution >= 0.6 is 35.0 Å². The van der Waals surface area contributed by atoms with Gasteiger partial charge in [0.25, 0.3) is 0 Å². The molecule has 9 nitrogen and oxygen atoms in total. The summed E-state index contributed by atoms with van der Waals surface area (Å²) < 4.78 is 16.4. The number of benzene rings is 2. The zero-order valence-electron chi connectivity index (χ0n) is 25.6. The van der Waals surface area contributed by atoms with Crippen molar-refractivity contribution in [1.29, 1.82) is 0 Å². The van der Waals surface area contributed by atoms with Crippen molar-refractivity contribution >= 4 is 47.0 Å². The van der Waals surface area contributed by atoms with Gasteiger partial charge in [-0.2, -0.15) is 0 Å². The fourth-order valence-electron chi connectivity index (χ4n) is 5.09. The minimum Gasteiger partial charge on any atom is -0.493 e. The van der Waals surface area contributed by atoms with E-state index in [2.05, 4.69) is 15.3 Å². The van der Waals surface area contributed by atoms with E-state index in [0.717, 1.165) is 29.5 Å².